The Morgan fingerprint density at radius 2 is 2.13 bits per heavy atom. The van der Waals surface area contributed by atoms with E-state index in [2.05, 4.69) is 21.3 Å². The molecule has 0 spiro atoms. The smallest absolute Gasteiger partial charge is 0.0312 e. The average Bonchev–Trinajstić information content (AvgIpc) is 2.79. The second-order valence-electron chi connectivity index (χ2n) is 4.73. The summed E-state index contributed by atoms with van der Waals surface area (Å²) in [7, 11) is 0. The molecule has 3 heterocycles. The molecule has 0 saturated carbocycles. The van der Waals surface area contributed by atoms with Crippen molar-refractivity contribution >= 4 is 0 Å². The van der Waals surface area contributed by atoms with E-state index in [4.69, 9.17) is 0 Å². The summed E-state index contributed by atoms with van der Waals surface area (Å²) >= 11 is 0. The van der Waals surface area contributed by atoms with E-state index in [1.165, 1.54) is 31.7 Å². The van der Waals surface area contributed by atoms with Gasteiger partial charge in [-0.15, -0.1) is 0 Å². The van der Waals surface area contributed by atoms with E-state index in [0.717, 1.165) is 18.4 Å². The first-order chi connectivity index (χ1) is 7.42. The van der Waals surface area contributed by atoms with Crippen LogP contribution < -0.4 is 5.32 Å². The number of pyridine rings is 1. The van der Waals surface area contributed by atoms with Crippen molar-refractivity contribution in [1.82, 2.24) is 15.2 Å². The van der Waals surface area contributed by atoms with E-state index in [9.17, 15) is 0 Å². The van der Waals surface area contributed by atoms with Crippen LogP contribution in [-0.4, -0.2) is 36.1 Å². The summed E-state index contributed by atoms with van der Waals surface area (Å²) in [5.74, 6) is 1.78. The molecule has 15 heavy (non-hydrogen) atoms. The van der Waals surface area contributed by atoms with Gasteiger partial charge < -0.3 is 5.32 Å². The number of rotatable bonds is 2. The van der Waals surface area contributed by atoms with E-state index in [1.54, 1.807) is 0 Å². The fraction of sp³-hybridized carbons (Fsp3) is 0.583. The quantitative estimate of drug-likeness (QED) is 0.768. The first kappa shape index (κ1) is 9.31. The molecule has 0 amide bonds. The first-order valence-electron chi connectivity index (χ1n) is 5.74. The van der Waals surface area contributed by atoms with Crippen molar-refractivity contribution in [2.24, 2.45) is 11.8 Å². The van der Waals surface area contributed by atoms with Crippen LogP contribution in [-0.2, 0) is 6.54 Å². The number of nitrogens with zero attached hydrogens (tertiary/aromatic N) is 2. The van der Waals surface area contributed by atoms with Crippen LogP contribution in [0.2, 0.25) is 0 Å². The van der Waals surface area contributed by atoms with Crippen LogP contribution in [0.3, 0.4) is 0 Å². The van der Waals surface area contributed by atoms with Crippen LogP contribution in [0.15, 0.2) is 24.5 Å². The summed E-state index contributed by atoms with van der Waals surface area (Å²) in [5, 5.41) is 3.47. The Bertz CT molecular complexity index is 313. The third kappa shape index (κ3) is 1.90. The van der Waals surface area contributed by atoms with Crippen molar-refractivity contribution in [2.45, 2.75) is 6.54 Å². The summed E-state index contributed by atoms with van der Waals surface area (Å²) in [6.07, 6.45) is 3.82. The number of hydrogen-bond donors (Lipinski definition) is 1. The molecule has 0 aliphatic carbocycles. The van der Waals surface area contributed by atoms with Crippen LogP contribution >= 0.6 is 0 Å². The standard InChI is InChI=1S/C12H17N3/c1-2-10(4-13-3-1)7-15-8-11-5-14-6-12(11)9-15/h1-4,11-12,14H,5-9H2/t11-,12-/m1/s1. The van der Waals surface area contributed by atoms with Gasteiger partial charge in [0.1, 0.15) is 0 Å². The van der Waals surface area contributed by atoms with Crippen molar-refractivity contribution in [2.75, 3.05) is 26.2 Å². The molecular weight excluding hydrogens is 186 g/mol. The number of nitrogens with one attached hydrogen (secondary N) is 1. The molecule has 1 aromatic rings. The molecule has 1 aromatic heterocycles. The molecule has 2 aliphatic rings. The van der Waals surface area contributed by atoms with E-state index >= 15 is 0 Å². The maximum atomic E-state index is 4.16. The second kappa shape index (κ2) is 3.91. The topological polar surface area (TPSA) is 28.2 Å². The molecule has 2 fully saturated rings. The third-order valence-corrected chi connectivity index (χ3v) is 3.59. The van der Waals surface area contributed by atoms with Crippen LogP contribution in [0.5, 0.6) is 0 Å². The lowest BCUT2D eigenvalue weighted by molar-refractivity contribution is 0.305. The van der Waals surface area contributed by atoms with Crippen molar-refractivity contribution in [3.63, 3.8) is 0 Å². The van der Waals surface area contributed by atoms with E-state index in [-0.39, 0.29) is 0 Å². The zero-order valence-corrected chi connectivity index (χ0v) is 8.89. The van der Waals surface area contributed by atoms with Crippen LogP contribution in [0, 0.1) is 11.8 Å². The largest absolute Gasteiger partial charge is 0.316 e. The molecule has 0 unspecified atom stereocenters. The van der Waals surface area contributed by atoms with Crippen molar-refractivity contribution < 1.29 is 0 Å². The van der Waals surface area contributed by atoms with Gasteiger partial charge >= 0.3 is 0 Å². The normalized spacial score (nSPS) is 30.7. The Morgan fingerprint density at radius 1 is 1.33 bits per heavy atom. The fourth-order valence-corrected chi connectivity index (χ4v) is 2.83. The van der Waals surface area contributed by atoms with Crippen molar-refractivity contribution in [3.05, 3.63) is 30.1 Å². The zero-order valence-electron chi connectivity index (χ0n) is 8.89. The Labute approximate surface area is 90.5 Å². The highest BCUT2D eigenvalue weighted by molar-refractivity contribution is 5.09. The van der Waals surface area contributed by atoms with Gasteiger partial charge in [-0.05, 0) is 36.6 Å². The molecule has 0 bridgehead atoms. The van der Waals surface area contributed by atoms with E-state index in [1.807, 2.05) is 18.5 Å². The van der Waals surface area contributed by atoms with E-state index in [0.29, 0.717) is 0 Å². The van der Waals surface area contributed by atoms with Gasteiger partial charge in [-0.25, -0.2) is 0 Å². The first-order valence-corrected chi connectivity index (χ1v) is 5.74. The van der Waals surface area contributed by atoms with Gasteiger partial charge in [-0.1, -0.05) is 6.07 Å². The monoisotopic (exact) mass is 203 g/mol. The molecule has 2 saturated heterocycles. The maximum absolute atomic E-state index is 4.16. The number of aromatic nitrogens is 1. The molecule has 80 valence electrons. The maximum Gasteiger partial charge on any atom is 0.0312 e. The SMILES string of the molecule is c1cncc(CN2C[C@H]3CNC[C@@H]3C2)c1. The molecular formula is C12H17N3. The third-order valence-electron chi connectivity index (χ3n) is 3.59. The zero-order chi connectivity index (χ0) is 10.1. The second-order valence-corrected chi connectivity index (χ2v) is 4.73. The highest BCUT2D eigenvalue weighted by Crippen LogP contribution is 2.27. The minimum absolute atomic E-state index is 0.890. The summed E-state index contributed by atoms with van der Waals surface area (Å²) in [5.41, 5.74) is 1.34. The fourth-order valence-electron chi connectivity index (χ4n) is 2.83. The Hall–Kier alpha value is -0.930. The highest BCUT2D eigenvalue weighted by Gasteiger charge is 2.35. The van der Waals surface area contributed by atoms with Gasteiger partial charge in [0.2, 0.25) is 0 Å². The van der Waals surface area contributed by atoms with Crippen LogP contribution in [0.1, 0.15) is 5.56 Å². The highest BCUT2D eigenvalue weighted by atomic mass is 15.2. The molecule has 0 aromatic carbocycles. The summed E-state index contributed by atoms with van der Waals surface area (Å²) in [6, 6.07) is 4.19. The number of likely N-dealkylation sites (tertiary alicyclic amines) is 1. The van der Waals surface area contributed by atoms with Gasteiger partial charge in [0.25, 0.3) is 0 Å². The molecule has 3 heteroatoms. The molecule has 2 aliphatic heterocycles. The molecule has 0 radical (unpaired) electrons. The minimum atomic E-state index is 0.890. The lowest BCUT2D eigenvalue weighted by Gasteiger charge is -2.16. The number of fused-ring (bicyclic) bond motifs is 1. The van der Waals surface area contributed by atoms with Gasteiger partial charge in [-0.3, -0.25) is 9.88 Å². The van der Waals surface area contributed by atoms with Crippen LogP contribution in [0.25, 0.3) is 0 Å². The van der Waals surface area contributed by atoms with Gasteiger partial charge in [0.05, 0.1) is 0 Å². The van der Waals surface area contributed by atoms with E-state index < -0.39 is 0 Å². The predicted molar refractivity (Wildman–Crippen MR) is 59.4 cm³/mol. The van der Waals surface area contributed by atoms with Gasteiger partial charge in [-0.2, -0.15) is 0 Å². The lowest BCUT2D eigenvalue weighted by Crippen LogP contribution is -2.25. The summed E-state index contributed by atoms with van der Waals surface area (Å²) in [6.45, 7) is 6.02. The van der Waals surface area contributed by atoms with Crippen molar-refractivity contribution in [3.8, 4) is 0 Å². The Kier molecular flexibility index (Phi) is 2.43. The predicted octanol–water partition coefficient (Wildman–Crippen LogP) is 0.733. The van der Waals surface area contributed by atoms with Crippen LogP contribution in [0.4, 0.5) is 0 Å². The lowest BCUT2D eigenvalue weighted by atomic mass is 10.0. The summed E-state index contributed by atoms with van der Waals surface area (Å²) < 4.78 is 0. The molecule has 1 N–H and O–H groups in total. The number of hydrogen-bond acceptors (Lipinski definition) is 3. The van der Waals surface area contributed by atoms with Gasteiger partial charge in [0, 0.05) is 32.0 Å². The summed E-state index contributed by atoms with van der Waals surface area (Å²) in [4.78, 5) is 6.72. The Morgan fingerprint density at radius 3 is 2.80 bits per heavy atom. The van der Waals surface area contributed by atoms with Gasteiger partial charge in [0.15, 0.2) is 0 Å². The molecule has 3 rings (SSSR count). The molecule has 2 atom stereocenters. The van der Waals surface area contributed by atoms with Crippen molar-refractivity contribution in [1.29, 1.82) is 0 Å². The average molecular weight is 203 g/mol. The Balaban J connectivity index is 1.62. The molecule has 3 nitrogen and oxygen atoms in total. The minimum Gasteiger partial charge on any atom is -0.316 e.